The zero-order valence-corrected chi connectivity index (χ0v) is 12.4. The van der Waals surface area contributed by atoms with E-state index in [-0.39, 0.29) is 5.97 Å². The normalized spacial score (nSPS) is 23.4. The lowest BCUT2D eigenvalue weighted by molar-refractivity contribution is -0.161. The van der Waals surface area contributed by atoms with Gasteiger partial charge in [0.15, 0.2) is 0 Å². The number of benzene rings is 1. The Kier molecular flexibility index (Phi) is 3.88. The summed E-state index contributed by atoms with van der Waals surface area (Å²) in [6.45, 7) is 7.02. The molecule has 4 heteroatoms. The summed E-state index contributed by atoms with van der Waals surface area (Å²) < 4.78 is 5.60. The maximum Gasteiger partial charge on any atom is 0.318 e. The molecule has 1 aromatic carbocycles. The number of esters is 1. The Bertz CT molecular complexity index is 473. The van der Waals surface area contributed by atoms with Gasteiger partial charge in [0.25, 0.3) is 0 Å². The first-order valence-corrected chi connectivity index (χ1v) is 6.92. The van der Waals surface area contributed by atoms with Crippen LogP contribution in [0.25, 0.3) is 0 Å². The van der Waals surface area contributed by atoms with Gasteiger partial charge in [-0.05, 0) is 45.4 Å². The summed E-state index contributed by atoms with van der Waals surface area (Å²) in [5.74, 6) is -0.196. The Morgan fingerprint density at radius 3 is 2.58 bits per heavy atom. The predicted octanol–water partition coefficient (Wildman–Crippen LogP) is 2.91. The van der Waals surface area contributed by atoms with Crippen LogP contribution in [0.4, 0.5) is 0 Å². The van der Waals surface area contributed by atoms with Crippen molar-refractivity contribution in [1.82, 2.24) is 5.32 Å². The molecule has 0 spiro atoms. The third kappa shape index (κ3) is 2.93. The highest BCUT2D eigenvalue weighted by atomic mass is 35.5. The Balaban J connectivity index is 2.39. The van der Waals surface area contributed by atoms with Gasteiger partial charge in [-0.3, -0.25) is 4.79 Å². The van der Waals surface area contributed by atoms with Crippen LogP contribution in [0.2, 0.25) is 5.02 Å². The first-order valence-electron chi connectivity index (χ1n) is 6.54. The van der Waals surface area contributed by atoms with Gasteiger partial charge >= 0.3 is 5.97 Å². The zero-order chi connectivity index (χ0) is 14.1. The molecule has 19 heavy (non-hydrogen) atoms. The van der Waals surface area contributed by atoms with Crippen LogP contribution in [-0.4, -0.2) is 24.7 Å². The number of nitrogens with one attached hydrogen (secondary N) is 1. The number of carbonyl (C=O) groups excluding carboxylic acids is 1. The SMILES string of the molecule is CC(C)(C)OC(=O)C1(c2ccccc2Cl)CCNC1. The first kappa shape index (κ1) is 14.4. The molecule has 1 aliphatic rings. The summed E-state index contributed by atoms with van der Waals surface area (Å²) in [6, 6.07) is 7.52. The monoisotopic (exact) mass is 281 g/mol. The van der Waals surface area contributed by atoms with E-state index in [9.17, 15) is 4.79 Å². The molecule has 1 aromatic rings. The van der Waals surface area contributed by atoms with Gasteiger partial charge in [0.1, 0.15) is 11.0 Å². The molecule has 0 radical (unpaired) electrons. The van der Waals surface area contributed by atoms with Gasteiger partial charge < -0.3 is 10.1 Å². The van der Waals surface area contributed by atoms with Crippen molar-refractivity contribution >= 4 is 17.6 Å². The molecule has 0 aliphatic carbocycles. The highest BCUT2D eigenvalue weighted by molar-refractivity contribution is 6.31. The standard InChI is InChI=1S/C15H20ClNO2/c1-14(2,3)19-13(18)15(8-9-17-10-15)11-6-4-5-7-12(11)16/h4-7,17H,8-10H2,1-3H3. The molecule has 0 amide bonds. The van der Waals surface area contributed by atoms with Gasteiger partial charge in [0.2, 0.25) is 0 Å². The van der Waals surface area contributed by atoms with Crippen molar-refractivity contribution in [1.29, 1.82) is 0 Å². The minimum atomic E-state index is -0.661. The number of carbonyl (C=O) groups is 1. The first-order chi connectivity index (χ1) is 8.85. The molecule has 1 fully saturated rings. The molecule has 1 N–H and O–H groups in total. The van der Waals surface area contributed by atoms with Gasteiger partial charge in [-0.25, -0.2) is 0 Å². The van der Waals surface area contributed by atoms with Crippen molar-refractivity contribution in [2.45, 2.75) is 38.2 Å². The second-order valence-electron chi connectivity index (χ2n) is 5.99. The predicted molar refractivity (Wildman–Crippen MR) is 76.5 cm³/mol. The quantitative estimate of drug-likeness (QED) is 0.847. The summed E-state index contributed by atoms with van der Waals surface area (Å²) in [6.07, 6.45) is 0.714. The molecule has 1 saturated heterocycles. The van der Waals surface area contributed by atoms with Crippen LogP contribution in [0, 0.1) is 0 Å². The largest absolute Gasteiger partial charge is 0.459 e. The molecular weight excluding hydrogens is 262 g/mol. The molecule has 1 aliphatic heterocycles. The fraction of sp³-hybridized carbons (Fsp3) is 0.533. The number of rotatable bonds is 2. The van der Waals surface area contributed by atoms with E-state index >= 15 is 0 Å². The van der Waals surface area contributed by atoms with Crippen molar-refractivity contribution in [3.05, 3.63) is 34.9 Å². The Labute approximate surface area is 119 Å². The van der Waals surface area contributed by atoms with Crippen LogP contribution in [0.1, 0.15) is 32.8 Å². The molecule has 104 valence electrons. The van der Waals surface area contributed by atoms with Crippen LogP contribution in [0.3, 0.4) is 0 Å². The minimum absolute atomic E-state index is 0.196. The molecule has 1 unspecified atom stereocenters. The maximum absolute atomic E-state index is 12.6. The fourth-order valence-electron chi connectivity index (χ4n) is 2.43. The zero-order valence-electron chi connectivity index (χ0n) is 11.6. The number of ether oxygens (including phenoxy) is 1. The van der Waals surface area contributed by atoms with E-state index in [1.165, 1.54) is 0 Å². The van der Waals surface area contributed by atoms with E-state index in [1.807, 2.05) is 45.0 Å². The third-order valence-corrected chi connectivity index (χ3v) is 3.66. The van der Waals surface area contributed by atoms with E-state index in [1.54, 1.807) is 0 Å². The molecule has 3 nitrogen and oxygen atoms in total. The number of hydrogen-bond donors (Lipinski definition) is 1. The van der Waals surface area contributed by atoms with E-state index in [0.717, 1.165) is 12.1 Å². The van der Waals surface area contributed by atoms with Gasteiger partial charge in [0.05, 0.1) is 0 Å². The van der Waals surface area contributed by atoms with Crippen molar-refractivity contribution < 1.29 is 9.53 Å². The van der Waals surface area contributed by atoms with Gasteiger partial charge in [0, 0.05) is 11.6 Å². The summed E-state index contributed by atoms with van der Waals surface area (Å²) in [4.78, 5) is 12.6. The van der Waals surface area contributed by atoms with Crippen molar-refractivity contribution in [3.8, 4) is 0 Å². The second-order valence-corrected chi connectivity index (χ2v) is 6.40. The van der Waals surface area contributed by atoms with E-state index in [4.69, 9.17) is 16.3 Å². The fourth-order valence-corrected chi connectivity index (χ4v) is 2.75. The lowest BCUT2D eigenvalue weighted by Crippen LogP contribution is -2.43. The number of halogens is 1. The van der Waals surface area contributed by atoms with E-state index in [2.05, 4.69) is 5.32 Å². The Hall–Kier alpha value is -1.06. The van der Waals surface area contributed by atoms with Crippen LogP contribution < -0.4 is 5.32 Å². The van der Waals surface area contributed by atoms with Crippen LogP contribution in [0.5, 0.6) is 0 Å². The molecule has 1 atom stereocenters. The molecule has 0 aromatic heterocycles. The average molecular weight is 282 g/mol. The number of hydrogen-bond acceptors (Lipinski definition) is 3. The van der Waals surface area contributed by atoms with E-state index in [0.29, 0.717) is 18.0 Å². The molecule has 0 saturated carbocycles. The van der Waals surface area contributed by atoms with Crippen LogP contribution in [0.15, 0.2) is 24.3 Å². The second kappa shape index (κ2) is 5.14. The molecule has 2 rings (SSSR count). The van der Waals surface area contributed by atoms with Gasteiger partial charge in [-0.1, -0.05) is 29.8 Å². The lowest BCUT2D eigenvalue weighted by Gasteiger charge is -2.31. The minimum Gasteiger partial charge on any atom is -0.459 e. The molecule has 0 bridgehead atoms. The van der Waals surface area contributed by atoms with Gasteiger partial charge in [-0.2, -0.15) is 0 Å². The Morgan fingerprint density at radius 2 is 2.05 bits per heavy atom. The lowest BCUT2D eigenvalue weighted by atomic mass is 9.79. The van der Waals surface area contributed by atoms with Crippen molar-refractivity contribution in [2.75, 3.05) is 13.1 Å². The highest BCUT2D eigenvalue weighted by Crippen LogP contribution is 2.37. The summed E-state index contributed by atoms with van der Waals surface area (Å²) in [7, 11) is 0. The molecular formula is C15H20ClNO2. The third-order valence-electron chi connectivity index (χ3n) is 3.33. The van der Waals surface area contributed by atoms with E-state index < -0.39 is 11.0 Å². The summed E-state index contributed by atoms with van der Waals surface area (Å²) in [5, 5.41) is 3.87. The maximum atomic E-state index is 12.6. The topological polar surface area (TPSA) is 38.3 Å². The van der Waals surface area contributed by atoms with Crippen LogP contribution in [-0.2, 0) is 14.9 Å². The van der Waals surface area contributed by atoms with Crippen LogP contribution >= 0.6 is 11.6 Å². The highest BCUT2D eigenvalue weighted by Gasteiger charge is 2.46. The van der Waals surface area contributed by atoms with Crippen molar-refractivity contribution in [3.63, 3.8) is 0 Å². The smallest absolute Gasteiger partial charge is 0.318 e. The Morgan fingerprint density at radius 1 is 1.37 bits per heavy atom. The average Bonchev–Trinajstić information content (AvgIpc) is 2.77. The van der Waals surface area contributed by atoms with Crippen molar-refractivity contribution in [2.24, 2.45) is 0 Å². The summed E-state index contributed by atoms with van der Waals surface area (Å²) in [5.41, 5.74) is -0.296. The molecule has 1 heterocycles. The summed E-state index contributed by atoms with van der Waals surface area (Å²) >= 11 is 6.27. The van der Waals surface area contributed by atoms with Gasteiger partial charge in [-0.15, -0.1) is 0 Å².